The van der Waals surface area contributed by atoms with Crippen LogP contribution in [0.15, 0.2) is 29.2 Å². The van der Waals surface area contributed by atoms with Crippen LogP contribution in [0.1, 0.15) is 44.2 Å². The third kappa shape index (κ3) is 3.99. The van der Waals surface area contributed by atoms with Gasteiger partial charge in [-0.3, -0.25) is 4.90 Å². The van der Waals surface area contributed by atoms with E-state index in [0.717, 1.165) is 44.5 Å². The van der Waals surface area contributed by atoms with E-state index in [1.807, 2.05) is 24.3 Å². The molecule has 0 unspecified atom stereocenters. The van der Waals surface area contributed by atoms with Crippen molar-refractivity contribution in [3.63, 3.8) is 0 Å². The standard InChI is InChI=1S/C21H30N2O3S/c1-16-13-22(14-17(2)26-16)15-20-8-5-11-23(20)27(24,25)21-10-9-18-6-3-4-7-19(18)12-21/h3-4,6-7,12,16-17,20H,5,8-11,13-15H2,1-2H3/t16-,17-,20-/m1/s1. The highest BCUT2D eigenvalue weighted by Crippen LogP contribution is 2.33. The summed E-state index contributed by atoms with van der Waals surface area (Å²) in [6, 6.07) is 8.18. The predicted molar refractivity (Wildman–Crippen MR) is 108 cm³/mol. The van der Waals surface area contributed by atoms with Crippen molar-refractivity contribution in [1.29, 1.82) is 0 Å². The van der Waals surface area contributed by atoms with Gasteiger partial charge in [-0.2, -0.15) is 4.31 Å². The lowest BCUT2D eigenvalue weighted by Gasteiger charge is -2.38. The second-order valence-corrected chi connectivity index (χ2v) is 10.1. The lowest BCUT2D eigenvalue weighted by Crippen LogP contribution is -2.51. The number of rotatable bonds is 4. The third-order valence-electron chi connectivity index (χ3n) is 5.94. The van der Waals surface area contributed by atoms with Crippen LogP contribution < -0.4 is 0 Å². The van der Waals surface area contributed by atoms with Crippen molar-refractivity contribution in [2.75, 3.05) is 26.2 Å². The van der Waals surface area contributed by atoms with Crippen LogP contribution in [0.4, 0.5) is 0 Å². The summed E-state index contributed by atoms with van der Waals surface area (Å²) in [7, 11) is -3.39. The Morgan fingerprint density at radius 3 is 2.63 bits per heavy atom. The summed E-state index contributed by atoms with van der Waals surface area (Å²) in [4.78, 5) is 2.96. The molecule has 2 fully saturated rings. The van der Waals surface area contributed by atoms with Gasteiger partial charge in [-0.05, 0) is 56.7 Å². The molecule has 0 aromatic heterocycles. The van der Waals surface area contributed by atoms with E-state index in [1.165, 1.54) is 5.56 Å². The normalized spacial score (nSPS) is 30.1. The molecule has 1 aromatic rings. The Morgan fingerprint density at radius 1 is 1.11 bits per heavy atom. The molecule has 3 atom stereocenters. The Balaban J connectivity index is 1.52. The molecular formula is C21H30N2O3S. The molecule has 0 bridgehead atoms. The van der Waals surface area contributed by atoms with Crippen molar-refractivity contribution in [2.45, 2.75) is 57.8 Å². The Bertz CT molecular complexity index is 810. The van der Waals surface area contributed by atoms with E-state index in [0.29, 0.717) is 17.9 Å². The first kappa shape index (κ1) is 19.1. The molecule has 5 nitrogen and oxygen atoms in total. The van der Waals surface area contributed by atoms with Crippen LogP contribution in [0.2, 0.25) is 0 Å². The van der Waals surface area contributed by atoms with E-state index in [9.17, 15) is 8.42 Å². The number of aryl methyl sites for hydroxylation is 1. The second-order valence-electron chi connectivity index (χ2n) is 8.20. The highest BCUT2D eigenvalue weighted by atomic mass is 32.2. The van der Waals surface area contributed by atoms with Crippen molar-refractivity contribution >= 4 is 16.1 Å². The van der Waals surface area contributed by atoms with Crippen LogP contribution in [0, 0.1) is 0 Å². The molecule has 4 rings (SSSR count). The zero-order valence-corrected chi connectivity index (χ0v) is 17.1. The molecule has 1 aromatic carbocycles. The number of hydrogen-bond acceptors (Lipinski definition) is 4. The minimum Gasteiger partial charge on any atom is -0.373 e. The predicted octanol–water partition coefficient (Wildman–Crippen LogP) is 2.88. The zero-order chi connectivity index (χ0) is 19.0. The fourth-order valence-electron chi connectivity index (χ4n) is 4.80. The smallest absolute Gasteiger partial charge is 0.239 e. The summed E-state index contributed by atoms with van der Waals surface area (Å²) in [5, 5.41) is 0. The van der Waals surface area contributed by atoms with Gasteiger partial charge in [0, 0.05) is 32.2 Å². The van der Waals surface area contributed by atoms with Gasteiger partial charge in [0.2, 0.25) is 10.0 Å². The molecule has 0 amide bonds. The summed E-state index contributed by atoms with van der Waals surface area (Å²) in [5.41, 5.74) is 2.29. The molecule has 2 aliphatic heterocycles. The number of morpholine rings is 1. The van der Waals surface area contributed by atoms with E-state index in [-0.39, 0.29) is 18.2 Å². The molecule has 2 heterocycles. The number of sulfonamides is 1. The maximum atomic E-state index is 13.4. The molecule has 148 valence electrons. The molecule has 3 aliphatic rings. The van der Waals surface area contributed by atoms with Gasteiger partial charge >= 0.3 is 0 Å². The monoisotopic (exact) mass is 390 g/mol. The van der Waals surface area contributed by atoms with Gasteiger partial charge in [0.1, 0.15) is 0 Å². The van der Waals surface area contributed by atoms with Gasteiger partial charge < -0.3 is 4.74 Å². The van der Waals surface area contributed by atoms with Crippen LogP contribution in [-0.4, -0.2) is 62.1 Å². The SMILES string of the molecule is C[C@@H]1CN(C[C@H]2CCCN2S(=O)(=O)C2=Cc3ccccc3CC2)C[C@@H](C)O1. The average molecular weight is 391 g/mol. The maximum Gasteiger partial charge on any atom is 0.239 e. The molecule has 0 radical (unpaired) electrons. The Labute approximate surface area is 163 Å². The fraction of sp³-hybridized carbons (Fsp3) is 0.619. The van der Waals surface area contributed by atoms with Crippen molar-refractivity contribution in [3.8, 4) is 0 Å². The molecule has 2 saturated heterocycles. The molecule has 1 aliphatic carbocycles. The van der Waals surface area contributed by atoms with Crippen LogP contribution in [0.5, 0.6) is 0 Å². The minimum atomic E-state index is -3.39. The fourth-order valence-corrected chi connectivity index (χ4v) is 6.67. The minimum absolute atomic E-state index is 0.0746. The lowest BCUT2D eigenvalue weighted by molar-refractivity contribution is -0.0707. The topological polar surface area (TPSA) is 49.9 Å². The van der Waals surface area contributed by atoms with E-state index >= 15 is 0 Å². The van der Waals surface area contributed by atoms with E-state index in [4.69, 9.17) is 4.74 Å². The Morgan fingerprint density at radius 2 is 1.85 bits per heavy atom. The third-order valence-corrected chi connectivity index (χ3v) is 8.02. The van der Waals surface area contributed by atoms with Crippen molar-refractivity contribution in [3.05, 3.63) is 40.3 Å². The molecule has 0 N–H and O–H groups in total. The number of nitrogens with zero attached hydrogens (tertiary/aromatic N) is 2. The number of ether oxygens (including phenoxy) is 1. The number of allylic oxidation sites excluding steroid dienone is 1. The molecule has 27 heavy (non-hydrogen) atoms. The van der Waals surface area contributed by atoms with Crippen LogP contribution >= 0.6 is 0 Å². The van der Waals surface area contributed by atoms with Crippen LogP contribution in [0.25, 0.3) is 6.08 Å². The lowest BCUT2D eigenvalue weighted by atomic mass is 9.98. The quantitative estimate of drug-likeness (QED) is 0.793. The largest absolute Gasteiger partial charge is 0.373 e. The van der Waals surface area contributed by atoms with Crippen molar-refractivity contribution in [2.24, 2.45) is 0 Å². The highest BCUT2D eigenvalue weighted by Gasteiger charge is 2.38. The van der Waals surface area contributed by atoms with E-state index in [1.54, 1.807) is 4.31 Å². The molecular weight excluding hydrogens is 360 g/mol. The van der Waals surface area contributed by atoms with Crippen molar-refractivity contribution in [1.82, 2.24) is 9.21 Å². The molecule has 0 saturated carbocycles. The number of benzene rings is 1. The van der Waals surface area contributed by atoms with E-state index < -0.39 is 10.0 Å². The first-order chi connectivity index (χ1) is 12.9. The van der Waals surface area contributed by atoms with Crippen LogP contribution in [0.3, 0.4) is 0 Å². The van der Waals surface area contributed by atoms with Crippen molar-refractivity contribution < 1.29 is 13.2 Å². The summed E-state index contributed by atoms with van der Waals surface area (Å²) in [6.07, 6.45) is 5.61. The Kier molecular flexibility index (Phi) is 5.43. The second kappa shape index (κ2) is 7.66. The summed E-state index contributed by atoms with van der Waals surface area (Å²) in [6.45, 7) is 7.39. The zero-order valence-electron chi connectivity index (χ0n) is 16.3. The number of hydrogen-bond donors (Lipinski definition) is 0. The first-order valence-electron chi connectivity index (χ1n) is 10.1. The van der Waals surface area contributed by atoms with E-state index in [2.05, 4.69) is 24.8 Å². The average Bonchev–Trinajstić information content (AvgIpc) is 3.09. The van der Waals surface area contributed by atoms with Gasteiger partial charge in [-0.15, -0.1) is 0 Å². The maximum absolute atomic E-state index is 13.4. The number of fused-ring (bicyclic) bond motifs is 1. The van der Waals surface area contributed by atoms with Gasteiger partial charge in [-0.25, -0.2) is 8.42 Å². The molecule has 0 spiro atoms. The van der Waals surface area contributed by atoms with Gasteiger partial charge in [0.15, 0.2) is 0 Å². The summed E-state index contributed by atoms with van der Waals surface area (Å²) >= 11 is 0. The highest BCUT2D eigenvalue weighted by molar-refractivity contribution is 7.93. The first-order valence-corrected chi connectivity index (χ1v) is 11.6. The van der Waals surface area contributed by atoms with Gasteiger partial charge in [0.05, 0.1) is 17.1 Å². The summed E-state index contributed by atoms with van der Waals surface area (Å²) in [5.74, 6) is 0. The summed E-state index contributed by atoms with van der Waals surface area (Å²) < 4.78 is 34.4. The Hall–Kier alpha value is -1.21. The molecule has 6 heteroatoms. The van der Waals surface area contributed by atoms with Gasteiger partial charge in [-0.1, -0.05) is 24.3 Å². The van der Waals surface area contributed by atoms with Crippen LogP contribution in [-0.2, 0) is 21.2 Å². The van der Waals surface area contributed by atoms with Gasteiger partial charge in [0.25, 0.3) is 0 Å².